The molecule has 0 aliphatic heterocycles. The number of amides is 2. The number of carbonyl (C=O) groups is 3. The number of nitrogens with one attached hydrogen (secondary N) is 3. The van der Waals surface area contributed by atoms with Crippen LogP contribution in [0.4, 0.5) is 0 Å². The van der Waals surface area contributed by atoms with Gasteiger partial charge in [0.25, 0.3) is 0 Å². The molecule has 0 bridgehead atoms. The Labute approximate surface area is 248 Å². The fourth-order valence-electron chi connectivity index (χ4n) is 4.04. The van der Waals surface area contributed by atoms with E-state index in [1.165, 1.54) is 0 Å². The molecule has 40 heavy (non-hydrogen) atoms. The van der Waals surface area contributed by atoms with Crippen molar-refractivity contribution in [1.82, 2.24) is 16.0 Å². The monoisotopic (exact) mass is 588 g/mol. The lowest BCUT2D eigenvalue weighted by Crippen LogP contribution is -2.58. The molecule has 220 valence electrons. The van der Waals surface area contributed by atoms with E-state index in [9.17, 15) is 14.4 Å². The van der Waals surface area contributed by atoms with Gasteiger partial charge in [-0.05, 0) is 35.5 Å². The average Bonchev–Trinajstić information content (AvgIpc) is 2.98. The van der Waals surface area contributed by atoms with Gasteiger partial charge in [-0.2, -0.15) is 24.4 Å². The van der Waals surface area contributed by atoms with Crippen LogP contribution in [-0.2, 0) is 32.1 Å². The summed E-state index contributed by atoms with van der Waals surface area (Å²) in [6, 6.07) is 16.4. The van der Waals surface area contributed by atoms with Crippen molar-refractivity contribution >= 4 is 42.2 Å². The van der Waals surface area contributed by atoms with E-state index in [1.54, 1.807) is 11.8 Å². The van der Waals surface area contributed by atoms with Gasteiger partial charge in [-0.25, -0.2) is 4.79 Å². The van der Waals surface area contributed by atoms with Crippen molar-refractivity contribution in [3.63, 3.8) is 0 Å². The number of esters is 1. The first-order valence-corrected chi connectivity index (χ1v) is 15.8. The van der Waals surface area contributed by atoms with Crippen LogP contribution >= 0.6 is 24.4 Å². The minimum atomic E-state index is -0.888. The van der Waals surface area contributed by atoms with Gasteiger partial charge in [0.1, 0.15) is 18.7 Å². The Kier molecular flexibility index (Phi) is 15.8. The molecule has 2 amide bonds. The fourth-order valence-corrected chi connectivity index (χ4v) is 4.64. The van der Waals surface area contributed by atoms with Gasteiger partial charge in [-0.15, -0.1) is 0 Å². The van der Waals surface area contributed by atoms with Gasteiger partial charge < -0.3 is 26.4 Å². The van der Waals surface area contributed by atoms with Crippen LogP contribution in [-0.4, -0.2) is 66.3 Å². The molecule has 2 aromatic rings. The van der Waals surface area contributed by atoms with Crippen LogP contribution in [0.1, 0.15) is 37.8 Å². The molecule has 10 heteroatoms. The number of carbonyl (C=O) groups excluding carboxylic acids is 3. The molecule has 0 heterocycles. The molecule has 2 rings (SSSR count). The lowest BCUT2D eigenvalue weighted by Gasteiger charge is -2.28. The molecule has 0 aliphatic rings. The van der Waals surface area contributed by atoms with Crippen molar-refractivity contribution in [1.29, 1.82) is 0 Å². The number of thioether (sulfide) groups is 1. The van der Waals surface area contributed by atoms with Crippen molar-refractivity contribution in [2.75, 3.05) is 24.3 Å². The second-order valence-corrected chi connectivity index (χ2v) is 11.3. The minimum Gasteiger partial charge on any atom is -0.459 e. The molecule has 0 spiro atoms. The normalized spacial score (nSPS) is 14.8. The maximum Gasteiger partial charge on any atom is 0.329 e. The summed E-state index contributed by atoms with van der Waals surface area (Å²) in [5.41, 5.74) is 7.77. The number of hydrogen-bond donors (Lipinski definition) is 5. The summed E-state index contributed by atoms with van der Waals surface area (Å²) in [6.45, 7) is 4.53. The van der Waals surface area contributed by atoms with Gasteiger partial charge in [0.2, 0.25) is 11.8 Å². The molecule has 0 fully saturated rings. The molecule has 8 nitrogen and oxygen atoms in total. The summed E-state index contributed by atoms with van der Waals surface area (Å²) in [5, 5.41) is 9.07. The van der Waals surface area contributed by atoms with Crippen molar-refractivity contribution in [2.45, 2.75) is 63.9 Å². The van der Waals surface area contributed by atoms with E-state index in [-0.39, 0.29) is 30.9 Å². The van der Waals surface area contributed by atoms with E-state index < -0.39 is 30.0 Å². The molecule has 0 saturated heterocycles. The molecule has 5 atom stereocenters. The van der Waals surface area contributed by atoms with Gasteiger partial charge in [-0.1, -0.05) is 80.9 Å². The summed E-state index contributed by atoms with van der Waals surface area (Å²) >= 11 is 5.81. The molecule has 0 unspecified atom stereocenters. The Hall–Kier alpha value is -2.53. The number of thiol groups is 1. The Morgan fingerprint density at radius 1 is 0.950 bits per heavy atom. The summed E-state index contributed by atoms with van der Waals surface area (Å²) < 4.78 is 5.54. The summed E-state index contributed by atoms with van der Waals surface area (Å²) in [7, 11) is 0. The third-order valence-corrected chi connectivity index (χ3v) is 7.79. The number of rotatable bonds is 18. The SMILES string of the molecule is CC[C@H](C)[C@H](NC[C@@H](N)CS)C(=O)N[C@@H](Cc1ccccc1)C(=O)N[C@@H](CCSC)C(=O)OCc1ccccc1. The average molecular weight is 589 g/mol. The van der Waals surface area contributed by atoms with E-state index in [1.807, 2.05) is 80.8 Å². The smallest absolute Gasteiger partial charge is 0.329 e. The number of benzene rings is 2. The molecule has 0 aromatic heterocycles. The lowest BCUT2D eigenvalue weighted by molar-refractivity contribution is -0.149. The van der Waals surface area contributed by atoms with Gasteiger partial charge in [0.05, 0.1) is 6.04 Å². The highest BCUT2D eigenvalue weighted by molar-refractivity contribution is 7.98. The molecular formula is C30H44N4O4S2. The van der Waals surface area contributed by atoms with Crippen LogP contribution in [0.2, 0.25) is 0 Å². The molecule has 5 N–H and O–H groups in total. The highest BCUT2D eigenvalue weighted by Crippen LogP contribution is 2.12. The topological polar surface area (TPSA) is 123 Å². The van der Waals surface area contributed by atoms with Crippen LogP contribution in [0.5, 0.6) is 0 Å². The molecule has 0 radical (unpaired) electrons. The lowest BCUT2D eigenvalue weighted by atomic mass is 9.97. The highest BCUT2D eigenvalue weighted by Gasteiger charge is 2.31. The summed E-state index contributed by atoms with van der Waals surface area (Å²) in [5.74, 6) is -0.0737. The van der Waals surface area contributed by atoms with E-state index in [2.05, 4.69) is 28.6 Å². The Balaban J connectivity index is 2.20. The number of ether oxygens (including phenoxy) is 1. The zero-order valence-electron chi connectivity index (χ0n) is 23.7. The maximum atomic E-state index is 13.6. The van der Waals surface area contributed by atoms with E-state index in [0.717, 1.165) is 17.5 Å². The van der Waals surface area contributed by atoms with Crippen LogP contribution in [0.15, 0.2) is 60.7 Å². The molecular weight excluding hydrogens is 544 g/mol. The van der Waals surface area contributed by atoms with E-state index >= 15 is 0 Å². The number of hydrogen-bond acceptors (Lipinski definition) is 8. The highest BCUT2D eigenvalue weighted by atomic mass is 32.2. The molecule has 0 aliphatic carbocycles. The van der Waals surface area contributed by atoms with Crippen LogP contribution in [0.3, 0.4) is 0 Å². The van der Waals surface area contributed by atoms with Gasteiger partial charge in [0.15, 0.2) is 0 Å². The zero-order chi connectivity index (χ0) is 29.3. The standard InChI is InChI=1S/C30H44N4O4S2/c1-4-21(2)27(32-18-24(31)20-39)29(36)34-26(17-22-11-7-5-8-12-22)28(35)33-25(15-16-40-3)30(37)38-19-23-13-9-6-10-14-23/h5-14,21,24-27,32,39H,4,15-20,31H2,1-3H3,(H,33,35)(H,34,36)/t21-,24+,25-,26-,27-/m0/s1. The Morgan fingerprint density at radius 2 is 1.55 bits per heavy atom. The quantitative estimate of drug-likeness (QED) is 0.134. The van der Waals surface area contributed by atoms with Gasteiger partial charge in [-0.3, -0.25) is 9.59 Å². The first kappa shape index (κ1) is 33.7. The van der Waals surface area contributed by atoms with E-state index in [0.29, 0.717) is 24.5 Å². The zero-order valence-corrected chi connectivity index (χ0v) is 25.4. The second-order valence-electron chi connectivity index (χ2n) is 9.90. The molecule has 2 aromatic carbocycles. The first-order chi connectivity index (χ1) is 19.3. The van der Waals surface area contributed by atoms with Gasteiger partial charge in [0, 0.05) is 24.8 Å². The van der Waals surface area contributed by atoms with Crippen LogP contribution in [0.25, 0.3) is 0 Å². The van der Waals surface area contributed by atoms with Crippen LogP contribution in [0, 0.1) is 5.92 Å². The third-order valence-electron chi connectivity index (χ3n) is 6.68. The van der Waals surface area contributed by atoms with Crippen molar-refractivity contribution in [2.24, 2.45) is 11.7 Å². The maximum absolute atomic E-state index is 13.6. The predicted octanol–water partition coefficient (Wildman–Crippen LogP) is 2.96. The van der Waals surface area contributed by atoms with Crippen LogP contribution < -0.4 is 21.7 Å². The summed E-state index contributed by atoms with van der Waals surface area (Å²) in [6.07, 6.45) is 3.39. The third kappa shape index (κ3) is 11.9. The first-order valence-electron chi connectivity index (χ1n) is 13.7. The van der Waals surface area contributed by atoms with Crippen molar-refractivity contribution in [3.8, 4) is 0 Å². The molecule has 0 saturated carbocycles. The number of nitrogens with two attached hydrogens (primary N) is 1. The summed E-state index contributed by atoms with van der Waals surface area (Å²) in [4.78, 5) is 40.1. The second kappa shape index (κ2) is 18.7. The fraction of sp³-hybridized carbons (Fsp3) is 0.500. The predicted molar refractivity (Wildman–Crippen MR) is 166 cm³/mol. The minimum absolute atomic E-state index is 0.00912. The van der Waals surface area contributed by atoms with Gasteiger partial charge >= 0.3 is 5.97 Å². The van der Waals surface area contributed by atoms with Crippen molar-refractivity contribution < 1.29 is 19.1 Å². The van der Waals surface area contributed by atoms with Crippen molar-refractivity contribution in [3.05, 3.63) is 71.8 Å². The Morgan fingerprint density at radius 3 is 2.12 bits per heavy atom. The Bertz CT molecular complexity index is 1030. The van der Waals surface area contributed by atoms with E-state index in [4.69, 9.17) is 10.5 Å². The largest absolute Gasteiger partial charge is 0.459 e.